The molecular weight excluding hydrogens is 166 g/mol. The fourth-order valence-corrected chi connectivity index (χ4v) is 0.445. The van der Waals surface area contributed by atoms with Crippen LogP contribution in [0.3, 0.4) is 0 Å². The molecule has 0 rings (SSSR count). The van der Waals surface area contributed by atoms with E-state index in [4.69, 9.17) is 5.73 Å². The van der Waals surface area contributed by atoms with E-state index in [0.29, 0.717) is 13.0 Å². The Balaban J connectivity index is 4.30. The molecule has 0 atom stereocenters. The maximum atomic E-state index is 10.0. The highest BCUT2D eigenvalue weighted by Crippen LogP contribution is 1.89. The summed E-state index contributed by atoms with van der Waals surface area (Å²) in [5.74, 6) is -0.503. The summed E-state index contributed by atoms with van der Waals surface area (Å²) in [6.45, 7) is 2.15. The molecular formula is C4H9N5O3. The van der Waals surface area contributed by atoms with Crippen LogP contribution in [0.1, 0.15) is 13.3 Å². The summed E-state index contributed by atoms with van der Waals surface area (Å²) >= 11 is 0. The van der Waals surface area contributed by atoms with Crippen LogP contribution in [0.2, 0.25) is 0 Å². The molecule has 0 aliphatic heterocycles. The molecule has 0 spiro atoms. The number of nitro groups is 1. The summed E-state index contributed by atoms with van der Waals surface area (Å²) in [6, 6.07) is 0. The number of rotatable bonds is 4. The second-order valence-electron chi connectivity index (χ2n) is 1.85. The van der Waals surface area contributed by atoms with Gasteiger partial charge in [0.15, 0.2) is 0 Å². The lowest BCUT2D eigenvalue weighted by molar-refractivity contribution is -0.631. The summed E-state index contributed by atoms with van der Waals surface area (Å²) in [6.07, 6.45) is 0.686. The smallest absolute Gasteiger partial charge is 0.318 e. The Morgan fingerprint density at radius 3 is 2.67 bits per heavy atom. The normalized spacial score (nSPS) is 10.9. The number of nitrogens with two attached hydrogens (primary N) is 1. The fourth-order valence-electron chi connectivity index (χ4n) is 0.445. The van der Waals surface area contributed by atoms with Gasteiger partial charge in [-0.25, -0.2) is 4.99 Å². The van der Waals surface area contributed by atoms with Crippen molar-refractivity contribution < 1.29 is 5.03 Å². The van der Waals surface area contributed by atoms with Crippen molar-refractivity contribution in [3.8, 4) is 0 Å². The second kappa shape index (κ2) is 4.99. The quantitative estimate of drug-likeness (QED) is 0.210. The Labute approximate surface area is 68.1 Å². The van der Waals surface area contributed by atoms with Gasteiger partial charge in [-0.1, -0.05) is 6.92 Å². The molecule has 0 aliphatic rings. The van der Waals surface area contributed by atoms with E-state index in [2.05, 4.69) is 10.3 Å². The minimum Gasteiger partial charge on any atom is -0.363 e. The van der Waals surface area contributed by atoms with Crippen molar-refractivity contribution in [1.82, 2.24) is 5.12 Å². The van der Waals surface area contributed by atoms with Gasteiger partial charge in [0.1, 0.15) is 5.12 Å². The first-order chi connectivity index (χ1) is 5.63. The van der Waals surface area contributed by atoms with Crippen LogP contribution in [-0.4, -0.2) is 22.7 Å². The molecule has 2 N–H and O–H groups in total. The van der Waals surface area contributed by atoms with Crippen molar-refractivity contribution in [2.24, 2.45) is 16.0 Å². The molecule has 0 unspecified atom stereocenters. The van der Waals surface area contributed by atoms with E-state index in [0.717, 1.165) is 0 Å². The number of hydrogen-bond acceptors (Lipinski definition) is 5. The third-order valence-corrected chi connectivity index (χ3v) is 0.934. The topological polar surface area (TPSA) is 114 Å². The first kappa shape index (κ1) is 10.3. The summed E-state index contributed by atoms with van der Waals surface area (Å²) in [5, 5.41) is 10.9. The Hall–Kier alpha value is -1.73. The first-order valence-electron chi connectivity index (χ1n) is 3.21. The van der Waals surface area contributed by atoms with Crippen LogP contribution in [0.15, 0.2) is 10.3 Å². The molecule has 12 heavy (non-hydrogen) atoms. The van der Waals surface area contributed by atoms with E-state index in [9.17, 15) is 15.0 Å². The zero-order valence-corrected chi connectivity index (χ0v) is 6.51. The number of nitroso groups, excluding NO2 is 1. The van der Waals surface area contributed by atoms with Crippen molar-refractivity contribution in [2.75, 3.05) is 6.54 Å². The van der Waals surface area contributed by atoms with Gasteiger partial charge in [0.25, 0.3) is 5.96 Å². The maximum Gasteiger partial charge on any atom is 0.318 e. The predicted molar refractivity (Wildman–Crippen MR) is 41.4 cm³/mol. The Morgan fingerprint density at radius 2 is 2.33 bits per heavy atom. The van der Waals surface area contributed by atoms with Gasteiger partial charge in [-0.15, -0.1) is 0 Å². The molecule has 0 bridgehead atoms. The van der Waals surface area contributed by atoms with Gasteiger partial charge in [0.05, 0.1) is 5.03 Å². The summed E-state index contributed by atoms with van der Waals surface area (Å²) in [4.78, 5) is 23.4. The Kier molecular flexibility index (Phi) is 4.27. The highest BCUT2D eigenvalue weighted by molar-refractivity contribution is 5.76. The summed E-state index contributed by atoms with van der Waals surface area (Å²) in [7, 11) is 0. The molecule has 0 fully saturated rings. The van der Waals surface area contributed by atoms with Crippen LogP contribution in [0.4, 0.5) is 0 Å². The highest BCUT2D eigenvalue weighted by atomic mass is 16.7. The van der Waals surface area contributed by atoms with E-state index in [-0.39, 0.29) is 5.12 Å². The Morgan fingerprint density at radius 1 is 1.75 bits per heavy atom. The molecule has 8 heteroatoms. The van der Waals surface area contributed by atoms with Crippen LogP contribution in [0, 0.1) is 15.0 Å². The number of hydrogen-bond donors (Lipinski definition) is 1. The molecule has 0 heterocycles. The van der Waals surface area contributed by atoms with E-state index >= 15 is 0 Å². The lowest BCUT2D eigenvalue weighted by atomic mass is 10.5. The third-order valence-electron chi connectivity index (χ3n) is 0.934. The maximum absolute atomic E-state index is 10.0. The van der Waals surface area contributed by atoms with Gasteiger partial charge in [0, 0.05) is 11.5 Å². The minimum absolute atomic E-state index is 0.115. The van der Waals surface area contributed by atoms with Crippen molar-refractivity contribution in [3.05, 3.63) is 15.0 Å². The molecule has 0 aromatic carbocycles. The van der Waals surface area contributed by atoms with Crippen molar-refractivity contribution >= 4 is 5.96 Å². The lowest BCUT2D eigenvalue weighted by Gasteiger charge is -2.02. The summed E-state index contributed by atoms with van der Waals surface area (Å²) in [5.41, 5.74) is 5.06. The molecule has 0 amide bonds. The third kappa shape index (κ3) is 2.90. The highest BCUT2D eigenvalue weighted by Gasteiger charge is 2.19. The van der Waals surface area contributed by atoms with Gasteiger partial charge in [-0.3, -0.25) is 0 Å². The van der Waals surface area contributed by atoms with E-state index < -0.39 is 11.0 Å². The van der Waals surface area contributed by atoms with Crippen molar-refractivity contribution in [1.29, 1.82) is 0 Å². The van der Waals surface area contributed by atoms with E-state index in [1.54, 1.807) is 0 Å². The standard InChI is InChI=1S/C4H9N5O3/c1-2-3-6-4(5)8(7-10)9(11)12/h2-3H2,1H3,(H2,5,6). The van der Waals surface area contributed by atoms with E-state index in [1.807, 2.05) is 6.92 Å². The number of guanidine groups is 1. The van der Waals surface area contributed by atoms with Gasteiger partial charge in [0.2, 0.25) is 0 Å². The van der Waals surface area contributed by atoms with Crippen molar-refractivity contribution in [3.63, 3.8) is 0 Å². The Bertz CT molecular complexity index is 203. The largest absolute Gasteiger partial charge is 0.363 e. The van der Waals surface area contributed by atoms with Crippen molar-refractivity contribution in [2.45, 2.75) is 13.3 Å². The van der Waals surface area contributed by atoms with Crippen LogP contribution in [-0.2, 0) is 0 Å². The SMILES string of the molecule is CCCN=C(N)N(N=O)[N+](=O)[O-]. The zero-order chi connectivity index (χ0) is 9.56. The average Bonchev–Trinajstić information content (AvgIpc) is 2.01. The van der Waals surface area contributed by atoms with Gasteiger partial charge in [-0.05, 0) is 6.42 Å². The molecule has 0 aromatic rings. The molecule has 68 valence electrons. The molecule has 0 radical (unpaired) electrons. The van der Waals surface area contributed by atoms with Gasteiger partial charge < -0.3 is 15.8 Å². The minimum atomic E-state index is -1.04. The molecule has 0 saturated heterocycles. The number of nitrogens with zero attached hydrogens (tertiary/aromatic N) is 4. The molecule has 0 saturated carbocycles. The number of hydrazine groups is 1. The van der Waals surface area contributed by atoms with Crippen LogP contribution < -0.4 is 5.73 Å². The average molecular weight is 175 g/mol. The molecule has 8 nitrogen and oxygen atoms in total. The lowest BCUT2D eigenvalue weighted by Crippen LogP contribution is -2.37. The predicted octanol–water partition coefficient (Wildman–Crippen LogP) is -0.114. The monoisotopic (exact) mass is 175 g/mol. The molecule has 0 aliphatic carbocycles. The van der Waals surface area contributed by atoms with Crippen LogP contribution >= 0.6 is 0 Å². The van der Waals surface area contributed by atoms with Crippen LogP contribution in [0.25, 0.3) is 0 Å². The van der Waals surface area contributed by atoms with E-state index in [1.165, 1.54) is 0 Å². The molecule has 0 aromatic heterocycles. The van der Waals surface area contributed by atoms with Gasteiger partial charge in [-0.2, -0.15) is 0 Å². The second-order valence-corrected chi connectivity index (χ2v) is 1.85. The zero-order valence-electron chi connectivity index (χ0n) is 6.51. The number of aliphatic imine (C=N–C) groups is 1. The van der Waals surface area contributed by atoms with Crippen LogP contribution in [0.5, 0.6) is 0 Å². The fraction of sp³-hybridized carbons (Fsp3) is 0.750. The first-order valence-corrected chi connectivity index (χ1v) is 3.21. The summed E-state index contributed by atoms with van der Waals surface area (Å²) < 4.78 is 0. The van der Waals surface area contributed by atoms with Gasteiger partial charge >= 0.3 is 5.29 Å².